The fourth-order valence-electron chi connectivity index (χ4n) is 3.17. The SMILES string of the molecule is C=CC[C@@H](O)C[C@H](O[Si](C)(C)C(C)(C)C)[C@@H]1COC(C)(C)N1C(=O)OC(C)(C)C. The molecule has 0 saturated carbocycles. The van der Waals surface area contributed by atoms with E-state index < -0.39 is 31.8 Å². The molecule has 29 heavy (non-hydrogen) atoms. The summed E-state index contributed by atoms with van der Waals surface area (Å²) in [6, 6.07) is -0.339. The van der Waals surface area contributed by atoms with Crippen LogP contribution >= 0.6 is 0 Å². The predicted molar refractivity (Wildman–Crippen MR) is 119 cm³/mol. The Hall–Kier alpha value is -0.893. The van der Waals surface area contributed by atoms with Crippen LogP contribution in [0.2, 0.25) is 18.1 Å². The van der Waals surface area contributed by atoms with Gasteiger partial charge in [-0.05, 0) is 59.2 Å². The largest absolute Gasteiger partial charge is 0.444 e. The average Bonchev–Trinajstić information content (AvgIpc) is 2.79. The molecule has 0 aromatic carbocycles. The van der Waals surface area contributed by atoms with Gasteiger partial charge >= 0.3 is 6.09 Å². The van der Waals surface area contributed by atoms with E-state index in [0.29, 0.717) is 19.4 Å². The average molecular weight is 430 g/mol. The topological polar surface area (TPSA) is 68.2 Å². The molecule has 1 fully saturated rings. The monoisotopic (exact) mass is 429 g/mol. The smallest absolute Gasteiger partial charge is 0.412 e. The second-order valence-corrected chi connectivity index (χ2v) is 15.8. The van der Waals surface area contributed by atoms with Crippen LogP contribution in [-0.4, -0.2) is 60.6 Å². The molecule has 0 aromatic heterocycles. The number of aliphatic hydroxyl groups is 1. The first-order valence-electron chi connectivity index (χ1n) is 10.5. The normalized spacial score (nSPS) is 22.3. The van der Waals surface area contributed by atoms with Crippen molar-refractivity contribution in [3.63, 3.8) is 0 Å². The van der Waals surface area contributed by atoms with Crippen molar-refractivity contribution < 1.29 is 23.8 Å². The zero-order chi connectivity index (χ0) is 22.8. The number of hydrogen-bond donors (Lipinski definition) is 1. The van der Waals surface area contributed by atoms with Gasteiger partial charge in [0.1, 0.15) is 11.3 Å². The van der Waals surface area contributed by atoms with Gasteiger partial charge in [-0.25, -0.2) is 4.79 Å². The Bertz CT molecular complexity index is 577. The van der Waals surface area contributed by atoms with E-state index in [1.54, 1.807) is 11.0 Å². The van der Waals surface area contributed by atoms with Crippen molar-refractivity contribution in [1.82, 2.24) is 4.90 Å². The third kappa shape index (κ3) is 7.09. The zero-order valence-corrected chi connectivity index (χ0v) is 21.2. The molecule has 170 valence electrons. The highest BCUT2D eigenvalue weighted by Gasteiger charge is 2.51. The third-order valence-electron chi connectivity index (χ3n) is 5.73. The summed E-state index contributed by atoms with van der Waals surface area (Å²) >= 11 is 0. The fraction of sp³-hybridized carbons (Fsp3) is 0.864. The number of rotatable bonds is 7. The molecule has 7 heteroatoms. The van der Waals surface area contributed by atoms with Crippen molar-refractivity contribution in [3.8, 4) is 0 Å². The highest BCUT2D eigenvalue weighted by Crippen LogP contribution is 2.40. The van der Waals surface area contributed by atoms with Crippen molar-refractivity contribution >= 4 is 14.4 Å². The number of carbonyl (C=O) groups is 1. The minimum atomic E-state index is -2.15. The highest BCUT2D eigenvalue weighted by molar-refractivity contribution is 6.74. The van der Waals surface area contributed by atoms with Gasteiger partial charge in [0.05, 0.1) is 24.9 Å². The predicted octanol–water partition coefficient (Wildman–Crippen LogP) is 5.08. The summed E-state index contributed by atoms with van der Waals surface area (Å²) < 4.78 is 18.4. The standard InChI is InChI=1S/C22H43NO5Si/c1-12-13-16(24)14-18(28-29(10,11)21(5,6)7)17-15-26-22(8,9)23(17)19(25)27-20(2,3)4/h12,16-18,24H,1,13-15H2,2-11H3/t16-,17+,18+/m1/s1. The molecule has 0 aliphatic carbocycles. The lowest BCUT2D eigenvalue weighted by molar-refractivity contribution is -0.0688. The van der Waals surface area contributed by atoms with Crippen LogP contribution in [0.3, 0.4) is 0 Å². The van der Waals surface area contributed by atoms with E-state index in [9.17, 15) is 9.90 Å². The van der Waals surface area contributed by atoms with Crippen LogP contribution < -0.4 is 0 Å². The lowest BCUT2D eigenvalue weighted by Gasteiger charge is -2.43. The summed E-state index contributed by atoms with van der Waals surface area (Å²) in [6.45, 7) is 24.2. The third-order valence-corrected chi connectivity index (χ3v) is 10.2. The Balaban J connectivity index is 3.25. The molecule has 0 radical (unpaired) electrons. The number of carbonyl (C=O) groups excluding carboxylic acids is 1. The maximum absolute atomic E-state index is 13.1. The van der Waals surface area contributed by atoms with Gasteiger partial charge in [0.15, 0.2) is 8.32 Å². The molecule has 0 aromatic rings. The van der Waals surface area contributed by atoms with Gasteiger partial charge in [-0.15, -0.1) is 6.58 Å². The van der Waals surface area contributed by atoms with Crippen LogP contribution in [0.5, 0.6) is 0 Å². The van der Waals surface area contributed by atoms with E-state index in [4.69, 9.17) is 13.9 Å². The van der Waals surface area contributed by atoms with E-state index in [0.717, 1.165) is 0 Å². The molecule has 1 aliphatic rings. The van der Waals surface area contributed by atoms with E-state index in [2.05, 4.69) is 40.4 Å². The van der Waals surface area contributed by atoms with Crippen LogP contribution in [0.4, 0.5) is 4.79 Å². The Morgan fingerprint density at radius 1 is 1.31 bits per heavy atom. The van der Waals surface area contributed by atoms with Gasteiger partial charge in [0, 0.05) is 6.42 Å². The highest BCUT2D eigenvalue weighted by atomic mass is 28.4. The van der Waals surface area contributed by atoms with Gasteiger partial charge in [-0.3, -0.25) is 4.90 Å². The fourth-order valence-corrected chi connectivity index (χ4v) is 4.53. The molecular formula is C22H43NO5Si. The Morgan fingerprint density at radius 2 is 1.86 bits per heavy atom. The minimum Gasteiger partial charge on any atom is -0.444 e. The van der Waals surface area contributed by atoms with Gasteiger partial charge in [-0.1, -0.05) is 26.8 Å². The van der Waals surface area contributed by atoms with Crippen molar-refractivity contribution in [2.45, 2.75) is 116 Å². The number of hydrogen-bond acceptors (Lipinski definition) is 5. The summed E-state index contributed by atoms with van der Waals surface area (Å²) in [5.74, 6) is 0. The van der Waals surface area contributed by atoms with Crippen molar-refractivity contribution in [2.75, 3.05) is 6.61 Å². The molecule has 1 aliphatic heterocycles. The Kier molecular flexibility index (Phi) is 8.19. The van der Waals surface area contributed by atoms with Gasteiger partial charge in [-0.2, -0.15) is 0 Å². The molecule has 1 saturated heterocycles. The quantitative estimate of drug-likeness (QED) is 0.452. The molecule has 3 atom stereocenters. The summed E-state index contributed by atoms with van der Waals surface area (Å²) in [6.07, 6.45) is 1.20. The second kappa shape index (κ2) is 9.08. The summed E-state index contributed by atoms with van der Waals surface area (Å²) in [7, 11) is -2.15. The molecule has 0 bridgehead atoms. The molecule has 1 heterocycles. The van der Waals surface area contributed by atoms with Crippen molar-refractivity contribution in [2.24, 2.45) is 0 Å². The van der Waals surface area contributed by atoms with Crippen LogP contribution in [0.15, 0.2) is 12.7 Å². The maximum atomic E-state index is 13.1. The Labute approximate surface area is 178 Å². The maximum Gasteiger partial charge on any atom is 0.412 e. The van der Waals surface area contributed by atoms with E-state index in [1.807, 2.05) is 34.6 Å². The van der Waals surface area contributed by atoms with E-state index in [1.165, 1.54) is 0 Å². The van der Waals surface area contributed by atoms with Crippen LogP contribution in [0, 0.1) is 0 Å². The summed E-state index contributed by atoms with van der Waals surface area (Å²) in [4.78, 5) is 14.7. The molecule has 1 rings (SSSR count). The number of aliphatic hydroxyl groups excluding tert-OH is 1. The zero-order valence-electron chi connectivity index (χ0n) is 20.2. The lowest BCUT2D eigenvalue weighted by atomic mass is 10.0. The first-order valence-corrected chi connectivity index (χ1v) is 13.4. The number of ether oxygens (including phenoxy) is 2. The molecule has 6 nitrogen and oxygen atoms in total. The summed E-state index contributed by atoms with van der Waals surface area (Å²) in [5.41, 5.74) is -1.43. The van der Waals surface area contributed by atoms with E-state index in [-0.39, 0.29) is 17.2 Å². The Morgan fingerprint density at radius 3 is 2.31 bits per heavy atom. The molecule has 1 amide bonds. The second-order valence-electron chi connectivity index (χ2n) is 11.0. The molecular weight excluding hydrogens is 386 g/mol. The lowest BCUT2D eigenvalue weighted by Crippen LogP contribution is -2.57. The molecule has 1 N–H and O–H groups in total. The molecule has 0 spiro atoms. The van der Waals surface area contributed by atoms with Gasteiger partial charge < -0.3 is 19.0 Å². The van der Waals surface area contributed by atoms with Gasteiger partial charge in [0.25, 0.3) is 0 Å². The number of amides is 1. The van der Waals surface area contributed by atoms with Crippen LogP contribution in [-0.2, 0) is 13.9 Å². The molecule has 0 unspecified atom stereocenters. The minimum absolute atomic E-state index is 0.000364. The van der Waals surface area contributed by atoms with Gasteiger partial charge in [0.2, 0.25) is 0 Å². The first kappa shape index (κ1) is 26.1. The van der Waals surface area contributed by atoms with Crippen molar-refractivity contribution in [1.29, 1.82) is 0 Å². The van der Waals surface area contributed by atoms with Crippen LogP contribution in [0.1, 0.15) is 68.2 Å². The summed E-state index contributed by atoms with van der Waals surface area (Å²) in [5, 5.41) is 10.5. The number of nitrogens with zero attached hydrogens (tertiary/aromatic N) is 1. The van der Waals surface area contributed by atoms with E-state index >= 15 is 0 Å². The first-order chi connectivity index (χ1) is 12.9. The van der Waals surface area contributed by atoms with Crippen LogP contribution in [0.25, 0.3) is 0 Å². The van der Waals surface area contributed by atoms with Crippen molar-refractivity contribution in [3.05, 3.63) is 12.7 Å².